The van der Waals surface area contributed by atoms with Gasteiger partial charge in [0, 0.05) is 30.1 Å². The fourth-order valence-electron chi connectivity index (χ4n) is 3.31. The molecule has 1 unspecified atom stereocenters. The van der Waals surface area contributed by atoms with Crippen molar-refractivity contribution >= 4 is 22.0 Å². The molecule has 1 aliphatic heterocycles. The molecule has 29 heavy (non-hydrogen) atoms. The van der Waals surface area contributed by atoms with Crippen LogP contribution in [0.4, 0.5) is 4.79 Å². The van der Waals surface area contributed by atoms with Crippen molar-refractivity contribution < 1.29 is 14.3 Å². The van der Waals surface area contributed by atoms with Crippen LogP contribution in [0.3, 0.4) is 0 Å². The fourth-order valence-corrected chi connectivity index (χ4v) is 3.68. The lowest BCUT2D eigenvalue weighted by Gasteiger charge is -2.22. The minimum absolute atomic E-state index is 0.112. The maximum absolute atomic E-state index is 12.0. The number of hydrogen-bond donors (Lipinski definition) is 1. The van der Waals surface area contributed by atoms with Crippen molar-refractivity contribution in [2.24, 2.45) is 0 Å². The Bertz CT molecular complexity index is 821. The quantitative estimate of drug-likeness (QED) is 0.649. The zero-order chi connectivity index (χ0) is 20.9. The maximum Gasteiger partial charge on any atom is 0.407 e. The Morgan fingerprint density at radius 2 is 1.97 bits per heavy atom. The van der Waals surface area contributed by atoms with Crippen LogP contribution in [0.2, 0.25) is 0 Å². The highest BCUT2D eigenvalue weighted by molar-refractivity contribution is 9.10. The number of nitrogens with zero attached hydrogens (tertiary/aromatic N) is 1. The maximum atomic E-state index is 12.0. The summed E-state index contributed by atoms with van der Waals surface area (Å²) >= 11 is 3.65. The van der Waals surface area contributed by atoms with E-state index in [1.54, 1.807) is 0 Å². The summed E-state index contributed by atoms with van der Waals surface area (Å²) in [6, 6.07) is 16.4. The van der Waals surface area contributed by atoms with Crippen LogP contribution in [0.1, 0.15) is 38.3 Å². The summed E-state index contributed by atoms with van der Waals surface area (Å²) in [6.07, 6.45) is 0.572. The Morgan fingerprint density at radius 3 is 2.69 bits per heavy atom. The summed E-state index contributed by atoms with van der Waals surface area (Å²) in [6.45, 7) is 8.71. The van der Waals surface area contributed by atoms with Gasteiger partial charge in [-0.2, -0.15) is 0 Å². The van der Waals surface area contributed by atoms with E-state index in [-0.39, 0.29) is 12.1 Å². The molecule has 0 bridgehead atoms. The molecule has 1 saturated heterocycles. The number of halogens is 1. The lowest BCUT2D eigenvalue weighted by Crippen LogP contribution is -2.40. The Morgan fingerprint density at radius 1 is 1.21 bits per heavy atom. The molecule has 1 aliphatic rings. The molecule has 1 atom stereocenters. The number of ether oxygens (including phenoxy) is 2. The summed E-state index contributed by atoms with van der Waals surface area (Å²) in [5, 5.41) is 2.98. The summed E-state index contributed by atoms with van der Waals surface area (Å²) in [5.74, 6) is 0.856. The third-order valence-corrected chi connectivity index (χ3v) is 5.43. The first kappa shape index (κ1) is 21.7. The van der Waals surface area contributed by atoms with Gasteiger partial charge in [0.05, 0.1) is 0 Å². The topological polar surface area (TPSA) is 50.8 Å². The van der Waals surface area contributed by atoms with E-state index in [1.165, 1.54) is 5.56 Å². The van der Waals surface area contributed by atoms with E-state index in [0.29, 0.717) is 6.61 Å². The van der Waals surface area contributed by atoms with Crippen molar-refractivity contribution in [3.8, 4) is 5.75 Å². The molecule has 0 aromatic heterocycles. The van der Waals surface area contributed by atoms with Crippen LogP contribution in [0.15, 0.2) is 53.0 Å². The summed E-state index contributed by atoms with van der Waals surface area (Å²) in [4.78, 5) is 14.3. The molecule has 1 N–H and O–H groups in total. The molecule has 0 spiro atoms. The van der Waals surface area contributed by atoms with Crippen molar-refractivity contribution in [2.45, 2.75) is 52.0 Å². The molecule has 0 aliphatic carbocycles. The van der Waals surface area contributed by atoms with Gasteiger partial charge in [-0.25, -0.2) is 4.79 Å². The standard InChI is InChI=1S/C23H29BrN2O3/c1-23(2,3)29-22(27)25-19-11-12-26(15-19)14-18-13-20(9-10-21(18)24)28-16-17-7-5-4-6-8-17/h4-10,13,19H,11-12,14-16H2,1-3H3,(H,25,27). The highest BCUT2D eigenvalue weighted by atomic mass is 79.9. The van der Waals surface area contributed by atoms with Crippen LogP contribution >= 0.6 is 15.9 Å². The first-order valence-corrected chi connectivity index (χ1v) is 10.7. The summed E-state index contributed by atoms with van der Waals surface area (Å²) < 4.78 is 12.4. The highest BCUT2D eigenvalue weighted by Crippen LogP contribution is 2.26. The van der Waals surface area contributed by atoms with Gasteiger partial charge in [0.25, 0.3) is 0 Å². The Balaban J connectivity index is 1.53. The zero-order valence-electron chi connectivity index (χ0n) is 17.3. The van der Waals surface area contributed by atoms with Gasteiger partial charge in [-0.05, 0) is 56.5 Å². The number of amides is 1. The van der Waals surface area contributed by atoms with Crippen LogP contribution in [-0.2, 0) is 17.9 Å². The van der Waals surface area contributed by atoms with Crippen molar-refractivity contribution in [2.75, 3.05) is 13.1 Å². The number of benzene rings is 2. The average molecular weight is 461 g/mol. The Hall–Kier alpha value is -2.05. The molecule has 0 saturated carbocycles. The predicted octanol–water partition coefficient (Wildman–Crippen LogP) is 5.13. The van der Waals surface area contributed by atoms with E-state index in [2.05, 4.69) is 44.3 Å². The Labute approximate surface area is 181 Å². The van der Waals surface area contributed by atoms with Gasteiger partial charge < -0.3 is 14.8 Å². The second kappa shape index (κ2) is 9.63. The summed E-state index contributed by atoms with van der Waals surface area (Å²) in [5.41, 5.74) is 1.84. The fraction of sp³-hybridized carbons (Fsp3) is 0.435. The second-order valence-electron chi connectivity index (χ2n) is 8.39. The van der Waals surface area contributed by atoms with Crippen LogP contribution in [0.25, 0.3) is 0 Å². The van der Waals surface area contributed by atoms with Crippen LogP contribution < -0.4 is 10.1 Å². The zero-order valence-corrected chi connectivity index (χ0v) is 18.9. The van der Waals surface area contributed by atoms with Crippen LogP contribution in [0, 0.1) is 0 Å². The lowest BCUT2D eigenvalue weighted by atomic mass is 10.2. The molecule has 156 valence electrons. The normalized spacial score (nSPS) is 17.2. The molecule has 1 fully saturated rings. The molecule has 6 heteroatoms. The van der Waals surface area contributed by atoms with Crippen molar-refractivity contribution in [3.05, 3.63) is 64.1 Å². The monoisotopic (exact) mass is 460 g/mol. The number of carbonyl (C=O) groups is 1. The van der Waals surface area contributed by atoms with E-state index < -0.39 is 5.60 Å². The summed E-state index contributed by atoms with van der Waals surface area (Å²) in [7, 11) is 0. The molecule has 1 amide bonds. The van der Waals surface area contributed by atoms with E-state index >= 15 is 0 Å². The number of rotatable bonds is 6. The lowest BCUT2D eigenvalue weighted by molar-refractivity contribution is 0.0505. The molecular formula is C23H29BrN2O3. The molecule has 2 aromatic carbocycles. The van der Waals surface area contributed by atoms with E-state index in [0.717, 1.165) is 41.8 Å². The number of hydrogen-bond acceptors (Lipinski definition) is 4. The SMILES string of the molecule is CC(C)(C)OC(=O)NC1CCN(Cc2cc(OCc3ccccc3)ccc2Br)C1. The number of alkyl carbamates (subject to hydrolysis) is 1. The van der Waals surface area contributed by atoms with E-state index in [4.69, 9.17) is 9.47 Å². The minimum Gasteiger partial charge on any atom is -0.489 e. The van der Waals surface area contributed by atoms with Gasteiger partial charge in [-0.15, -0.1) is 0 Å². The van der Waals surface area contributed by atoms with E-state index in [1.807, 2.05) is 51.1 Å². The largest absolute Gasteiger partial charge is 0.489 e. The first-order chi connectivity index (χ1) is 13.8. The number of carbonyl (C=O) groups excluding carboxylic acids is 1. The number of likely N-dealkylation sites (tertiary alicyclic amines) is 1. The molecule has 2 aromatic rings. The smallest absolute Gasteiger partial charge is 0.407 e. The van der Waals surface area contributed by atoms with Crippen molar-refractivity contribution in [1.29, 1.82) is 0 Å². The molecule has 0 radical (unpaired) electrons. The Kier molecular flexibility index (Phi) is 7.19. The minimum atomic E-state index is -0.479. The average Bonchev–Trinajstić information content (AvgIpc) is 3.08. The third kappa shape index (κ3) is 7.05. The van der Waals surface area contributed by atoms with Gasteiger partial charge in [0.2, 0.25) is 0 Å². The van der Waals surface area contributed by atoms with Gasteiger partial charge in [-0.3, -0.25) is 4.90 Å². The van der Waals surface area contributed by atoms with Gasteiger partial charge in [0.15, 0.2) is 0 Å². The van der Waals surface area contributed by atoms with Gasteiger partial charge >= 0.3 is 6.09 Å². The first-order valence-electron chi connectivity index (χ1n) is 9.95. The van der Waals surface area contributed by atoms with Gasteiger partial charge in [0.1, 0.15) is 18.0 Å². The molecule has 3 rings (SSSR count). The molecule has 5 nitrogen and oxygen atoms in total. The van der Waals surface area contributed by atoms with Crippen LogP contribution in [-0.4, -0.2) is 35.7 Å². The van der Waals surface area contributed by atoms with Gasteiger partial charge in [-0.1, -0.05) is 46.3 Å². The van der Waals surface area contributed by atoms with Crippen molar-refractivity contribution in [1.82, 2.24) is 10.2 Å². The molecule has 1 heterocycles. The highest BCUT2D eigenvalue weighted by Gasteiger charge is 2.26. The van der Waals surface area contributed by atoms with E-state index in [9.17, 15) is 4.79 Å². The predicted molar refractivity (Wildman–Crippen MR) is 118 cm³/mol. The van der Waals surface area contributed by atoms with Crippen LogP contribution in [0.5, 0.6) is 5.75 Å². The second-order valence-corrected chi connectivity index (χ2v) is 9.25. The number of nitrogens with one attached hydrogen (secondary N) is 1. The third-order valence-electron chi connectivity index (χ3n) is 4.65. The van der Waals surface area contributed by atoms with Crippen molar-refractivity contribution in [3.63, 3.8) is 0 Å². The molecular weight excluding hydrogens is 432 g/mol.